The fourth-order valence-corrected chi connectivity index (χ4v) is 15.0. The van der Waals surface area contributed by atoms with E-state index in [0.717, 1.165) is 84.8 Å². The standard InChI is InChI=1S/C30H37N2O3P3/c1-8-19-13-22-28-23(14-19)37(7,34)25-16-21(10-3)18-27-30(25)32(28)29-24(36(22,6)33)15-20(9-2)17-26(29)38(27,35)31(11-4)12-5/h13-18H,8-12H2,1-7H3. The molecule has 2 atom stereocenters. The number of benzene rings is 3. The van der Waals surface area contributed by atoms with E-state index in [4.69, 9.17) is 0 Å². The van der Waals surface area contributed by atoms with Crippen molar-refractivity contribution in [3.8, 4) is 0 Å². The minimum Gasteiger partial charge on any atom is -0.314 e. The van der Waals surface area contributed by atoms with Crippen LogP contribution in [-0.4, -0.2) is 31.1 Å². The molecule has 3 aliphatic heterocycles. The van der Waals surface area contributed by atoms with Crippen molar-refractivity contribution in [2.24, 2.45) is 0 Å². The molecule has 0 fully saturated rings. The van der Waals surface area contributed by atoms with Gasteiger partial charge in [0.25, 0.3) is 0 Å². The average molecular weight is 567 g/mol. The summed E-state index contributed by atoms with van der Waals surface area (Å²) in [5, 5.41) is 4.72. The van der Waals surface area contributed by atoms with Crippen molar-refractivity contribution in [1.29, 1.82) is 0 Å². The highest BCUT2D eigenvalue weighted by Crippen LogP contribution is 2.65. The first kappa shape index (κ1) is 26.3. The van der Waals surface area contributed by atoms with Crippen LogP contribution in [0.4, 0.5) is 17.1 Å². The highest BCUT2D eigenvalue weighted by Gasteiger charge is 2.54. The van der Waals surface area contributed by atoms with Gasteiger partial charge in [-0.15, -0.1) is 0 Å². The Morgan fingerprint density at radius 2 is 0.842 bits per heavy atom. The van der Waals surface area contributed by atoms with Gasteiger partial charge in [-0.05, 0) is 85.7 Å². The number of rotatable bonds is 6. The summed E-state index contributed by atoms with van der Waals surface area (Å²) >= 11 is 0. The molecule has 0 spiro atoms. The van der Waals surface area contributed by atoms with Gasteiger partial charge in [0, 0.05) is 34.3 Å². The zero-order valence-electron chi connectivity index (χ0n) is 23.5. The van der Waals surface area contributed by atoms with E-state index in [2.05, 4.69) is 80.6 Å². The van der Waals surface area contributed by atoms with Crippen LogP contribution >= 0.6 is 21.6 Å². The molecule has 2 unspecified atom stereocenters. The summed E-state index contributed by atoms with van der Waals surface area (Å²) in [6.45, 7) is 15.3. The number of hydrogen-bond acceptors (Lipinski definition) is 4. The summed E-state index contributed by atoms with van der Waals surface area (Å²) in [4.78, 5) is 2.21. The molecule has 0 aromatic heterocycles. The molecule has 5 nitrogen and oxygen atoms in total. The molecule has 0 saturated carbocycles. The summed E-state index contributed by atoms with van der Waals surface area (Å²) < 4.78 is 47.7. The Labute approximate surface area is 226 Å². The van der Waals surface area contributed by atoms with Gasteiger partial charge < -0.3 is 14.0 Å². The first-order valence-corrected chi connectivity index (χ1v) is 19.8. The number of anilines is 3. The molecule has 38 heavy (non-hydrogen) atoms. The third-order valence-corrected chi connectivity index (χ3v) is 17.3. The maximum absolute atomic E-state index is 15.7. The van der Waals surface area contributed by atoms with Crippen molar-refractivity contribution in [3.05, 3.63) is 53.1 Å². The molecule has 200 valence electrons. The number of hydrogen-bond donors (Lipinski definition) is 0. The van der Waals surface area contributed by atoms with Crippen LogP contribution in [0.25, 0.3) is 0 Å². The predicted molar refractivity (Wildman–Crippen MR) is 165 cm³/mol. The van der Waals surface area contributed by atoms with E-state index in [1.807, 2.05) is 13.3 Å². The molecule has 6 rings (SSSR count). The zero-order chi connectivity index (χ0) is 27.4. The van der Waals surface area contributed by atoms with Crippen LogP contribution in [0.1, 0.15) is 51.3 Å². The Morgan fingerprint density at radius 1 is 0.553 bits per heavy atom. The van der Waals surface area contributed by atoms with E-state index in [1.165, 1.54) is 0 Å². The largest absolute Gasteiger partial charge is 0.314 e. The van der Waals surface area contributed by atoms with E-state index < -0.39 is 21.6 Å². The van der Waals surface area contributed by atoms with Gasteiger partial charge in [0.2, 0.25) is 7.29 Å². The maximum Gasteiger partial charge on any atom is 0.211 e. The van der Waals surface area contributed by atoms with E-state index in [0.29, 0.717) is 13.1 Å². The monoisotopic (exact) mass is 566 g/mol. The van der Waals surface area contributed by atoms with Crippen molar-refractivity contribution < 1.29 is 13.7 Å². The molecule has 3 aromatic carbocycles. The van der Waals surface area contributed by atoms with Crippen molar-refractivity contribution >= 4 is 70.5 Å². The van der Waals surface area contributed by atoms with E-state index >= 15 is 4.57 Å². The van der Waals surface area contributed by atoms with Crippen LogP contribution in [0.15, 0.2) is 36.4 Å². The van der Waals surface area contributed by atoms with E-state index in [9.17, 15) is 9.13 Å². The minimum atomic E-state index is -3.32. The second-order valence-electron chi connectivity index (χ2n) is 10.9. The minimum absolute atomic E-state index is 0.624. The Balaban J connectivity index is 1.90. The molecule has 8 heteroatoms. The second-order valence-corrected chi connectivity index (χ2v) is 19.2. The fraction of sp³-hybridized carbons (Fsp3) is 0.400. The summed E-state index contributed by atoms with van der Waals surface area (Å²) in [7, 11) is -9.47. The van der Waals surface area contributed by atoms with Crippen LogP contribution < -0.4 is 36.7 Å². The smallest absolute Gasteiger partial charge is 0.211 e. The lowest BCUT2D eigenvalue weighted by molar-refractivity contribution is 0.458. The Kier molecular flexibility index (Phi) is 5.93. The normalized spacial score (nSPS) is 26.1. The lowest BCUT2D eigenvalue weighted by atomic mass is 10.1. The van der Waals surface area contributed by atoms with Gasteiger partial charge in [-0.2, -0.15) is 0 Å². The molecular formula is C30H37N2O3P3. The molecule has 3 heterocycles. The van der Waals surface area contributed by atoms with Gasteiger partial charge >= 0.3 is 0 Å². The van der Waals surface area contributed by atoms with E-state index in [-0.39, 0.29) is 0 Å². The fourth-order valence-electron chi connectivity index (χ4n) is 6.70. The summed E-state index contributed by atoms with van der Waals surface area (Å²) in [5.74, 6) is 0. The summed E-state index contributed by atoms with van der Waals surface area (Å²) in [6.07, 6.45) is 2.31. The SMILES string of the molecule is CCc1cc2c3c(c1)P(C)(=O)c1cc(CC)cc4c1N3c1c(cc(CC)cc1P4(=O)N(CC)CC)P2(C)=O. The molecule has 0 saturated heterocycles. The van der Waals surface area contributed by atoms with Gasteiger partial charge in [-0.1, -0.05) is 34.6 Å². The summed E-state index contributed by atoms with van der Waals surface area (Å²) in [5.41, 5.74) is 5.58. The molecule has 0 radical (unpaired) electrons. The maximum atomic E-state index is 15.7. The molecule has 0 N–H and O–H groups in total. The first-order chi connectivity index (χ1) is 18.0. The Bertz CT molecular complexity index is 1580. The number of nitrogens with zero attached hydrogens (tertiary/aromatic N) is 2. The Hall–Kier alpha value is -1.89. The molecule has 0 aliphatic carbocycles. The van der Waals surface area contributed by atoms with Gasteiger partial charge in [-0.25, -0.2) is 4.67 Å². The van der Waals surface area contributed by atoms with Gasteiger partial charge in [0.15, 0.2) is 0 Å². The van der Waals surface area contributed by atoms with Crippen LogP contribution in [0.3, 0.4) is 0 Å². The molecule has 3 aromatic rings. The van der Waals surface area contributed by atoms with Crippen molar-refractivity contribution in [2.45, 2.75) is 53.9 Å². The van der Waals surface area contributed by atoms with Crippen molar-refractivity contribution in [1.82, 2.24) is 4.67 Å². The number of aryl methyl sites for hydroxylation is 3. The highest BCUT2D eigenvalue weighted by molar-refractivity contribution is 7.82. The van der Waals surface area contributed by atoms with Crippen molar-refractivity contribution in [3.63, 3.8) is 0 Å². The molecular weight excluding hydrogens is 529 g/mol. The van der Waals surface area contributed by atoms with Gasteiger partial charge in [0.05, 0.1) is 27.7 Å². The lowest BCUT2D eigenvalue weighted by Gasteiger charge is -2.50. The molecule has 0 bridgehead atoms. The highest BCUT2D eigenvalue weighted by atomic mass is 31.2. The second kappa shape index (κ2) is 8.55. The quantitative estimate of drug-likeness (QED) is 0.382. The lowest BCUT2D eigenvalue weighted by Crippen LogP contribution is -2.52. The van der Waals surface area contributed by atoms with Crippen LogP contribution in [0, 0.1) is 0 Å². The zero-order valence-corrected chi connectivity index (χ0v) is 26.1. The Morgan fingerprint density at radius 3 is 1.13 bits per heavy atom. The third kappa shape index (κ3) is 3.08. The average Bonchev–Trinajstić information content (AvgIpc) is 2.91. The van der Waals surface area contributed by atoms with Gasteiger partial charge in [-0.3, -0.25) is 4.57 Å². The van der Waals surface area contributed by atoms with Crippen LogP contribution in [-0.2, 0) is 33.0 Å². The third-order valence-electron chi connectivity index (χ3n) is 8.90. The van der Waals surface area contributed by atoms with Crippen LogP contribution in [0.2, 0.25) is 0 Å². The van der Waals surface area contributed by atoms with Crippen LogP contribution in [0.5, 0.6) is 0 Å². The van der Waals surface area contributed by atoms with Gasteiger partial charge in [0.1, 0.15) is 14.3 Å². The predicted octanol–water partition coefficient (Wildman–Crippen LogP) is 5.24. The summed E-state index contributed by atoms with van der Waals surface area (Å²) in [6, 6.07) is 12.5. The molecule has 0 amide bonds. The van der Waals surface area contributed by atoms with Crippen molar-refractivity contribution in [2.75, 3.05) is 31.3 Å². The first-order valence-electron chi connectivity index (χ1n) is 13.8. The molecule has 3 aliphatic rings. The van der Waals surface area contributed by atoms with E-state index in [1.54, 1.807) is 0 Å². The topological polar surface area (TPSA) is 57.7 Å².